The molecule has 1 aromatic rings. The summed E-state index contributed by atoms with van der Waals surface area (Å²) in [5.41, 5.74) is 0.994. The van der Waals surface area contributed by atoms with E-state index in [0.717, 1.165) is 31.7 Å². The van der Waals surface area contributed by atoms with Gasteiger partial charge in [0.1, 0.15) is 0 Å². The number of pyridine rings is 1. The maximum Gasteiger partial charge on any atom is 0.315 e. The SMILES string of the molecule is CC1CN(Cc2ccccn2)CCC1NC(=O)NCC(C)(C)CCO. The van der Waals surface area contributed by atoms with Gasteiger partial charge in [-0.3, -0.25) is 9.88 Å². The molecule has 1 aliphatic rings. The van der Waals surface area contributed by atoms with E-state index in [1.807, 2.05) is 32.2 Å². The van der Waals surface area contributed by atoms with Crippen LogP contribution >= 0.6 is 0 Å². The molecule has 1 saturated heterocycles. The first kappa shape index (κ1) is 19.7. The Bertz CT molecular complexity index is 535. The van der Waals surface area contributed by atoms with Gasteiger partial charge < -0.3 is 15.7 Å². The number of piperidine rings is 1. The highest BCUT2D eigenvalue weighted by molar-refractivity contribution is 5.74. The van der Waals surface area contributed by atoms with Crippen LogP contribution in [-0.2, 0) is 6.54 Å². The molecule has 0 aromatic carbocycles. The van der Waals surface area contributed by atoms with Gasteiger partial charge in [0.25, 0.3) is 0 Å². The van der Waals surface area contributed by atoms with Gasteiger partial charge in [-0.1, -0.05) is 26.8 Å². The molecule has 1 fully saturated rings. The smallest absolute Gasteiger partial charge is 0.315 e. The Balaban J connectivity index is 1.74. The predicted octanol–water partition coefficient (Wildman–Crippen LogP) is 2.00. The highest BCUT2D eigenvalue weighted by atomic mass is 16.3. The number of aromatic nitrogens is 1. The van der Waals surface area contributed by atoms with E-state index in [-0.39, 0.29) is 24.1 Å². The topological polar surface area (TPSA) is 77.5 Å². The molecule has 0 spiro atoms. The first-order chi connectivity index (χ1) is 11.9. The average molecular weight is 348 g/mol. The number of hydrogen-bond donors (Lipinski definition) is 3. The van der Waals surface area contributed by atoms with Gasteiger partial charge >= 0.3 is 6.03 Å². The second-order valence-electron chi connectivity index (χ2n) is 7.89. The molecule has 3 N–H and O–H groups in total. The molecule has 2 heterocycles. The molecule has 0 aliphatic carbocycles. The van der Waals surface area contributed by atoms with Crippen molar-refractivity contribution in [3.63, 3.8) is 0 Å². The number of amides is 2. The van der Waals surface area contributed by atoms with Gasteiger partial charge in [0.05, 0.1) is 5.69 Å². The summed E-state index contributed by atoms with van der Waals surface area (Å²) in [4.78, 5) is 19.0. The van der Waals surface area contributed by atoms with E-state index in [4.69, 9.17) is 5.11 Å². The Morgan fingerprint density at radius 1 is 1.44 bits per heavy atom. The van der Waals surface area contributed by atoms with Crippen molar-refractivity contribution in [3.05, 3.63) is 30.1 Å². The molecule has 2 unspecified atom stereocenters. The van der Waals surface area contributed by atoms with Crippen molar-refractivity contribution in [2.24, 2.45) is 11.3 Å². The van der Waals surface area contributed by atoms with E-state index in [9.17, 15) is 4.79 Å². The zero-order valence-corrected chi connectivity index (χ0v) is 15.7. The number of aliphatic hydroxyl groups is 1. The number of urea groups is 1. The lowest BCUT2D eigenvalue weighted by molar-refractivity contribution is 0.140. The molecular formula is C19H32N4O2. The van der Waals surface area contributed by atoms with Crippen LogP contribution in [0.2, 0.25) is 0 Å². The minimum Gasteiger partial charge on any atom is -0.396 e. The van der Waals surface area contributed by atoms with Crippen LogP contribution in [-0.4, -0.2) is 53.3 Å². The monoisotopic (exact) mass is 348 g/mol. The fourth-order valence-corrected chi connectivity index (χ4v) is 3.24. The second-order valence-corrected chi connectivity index (χ2v) is 7.89. The number of carbonyl (C=O) groups is 1. The van der Waals surface area contributed by atoms with Crippen molar-refractivity contribution < 1.29 is 9.90 Å². The number of likely N-dealkylation sites (tertiary alicyclic amines) is 1. The first-order valence-electron chi connectivity index (χ1n) is 9.17. The summed E-state index contributed by atoms with van der Waals surface area (Å²) in [5, 5.41) is 15.1. The molecule has 6 nitrogen and oxygen atoms in total. The summed E-state index contributed by atoms with van der Waals surface area (Å²) in [6.07, 6.45) is 3.45. The minimum absolute atomic E-state index is 0.0935. The molecule has 140 valence electrons. The number of hydrogen-bond acceptors (Lipinski definition) is 4. The Morgan fingerprint density at radius 2 is 2.24 bits per heavy atom. The highest BCUT2D eigenvalue weighted by Crippen LogP contribution is 2.19. The lowest BCUT2D eigenvalue weighted by Crippen LogP contribution is -2.53. The molecule has 2 atom stereocenters. The number of nitrogens with one attached hydrogen (secondary N) is 2. The molecule has 1 aromatic heterocycles. The molecule has 2 rings (SSSR count). The number of carbonyl (C=O) groups excluding carboxylic acids is 1. The van der Waals surface area contributed by atoms with Crippen LogP contribution in [0, 0.1) is 11.3 Å². The molecule has 0 bridgehead atoms. The predicted molar refractivity (Wildman–Crippen MR) is 99.1 cm³/mol. The Labute approximate surface area is 151 Å². The maximum absolute atomic E-state index is 12.2. The standard InChI is InChI=1S/C19H32N4O2/c1-15-12-23(13-16-6-4-5-9-20-16)10-7-17(15)22-18(25)21-14-19(2,3)8-11-24/h4-6,9,15,17,24H,7-8,10-14H2,1-3H3,(H2,21,22,25). The summed E-state index contributed by atoms with van der Waals surface area (Å²) in [7, 11) is 0. The largest absolute Gasteiger partial charge is 0.396 e. The van der Waals surface area contributed by atoms with Gasteiger partial charge in [-0.05, 0) is 36.3 Å². The fourth-order valence-electron chi connectivity index (χ4n) is 3.24. The van der Waals surface area contributed by atoms with Crippen molar-refractivity contribution in [1.29, 1.82) is 0 Å². The van der Waals surface area contributed by atoms with Gasteiger partial charge in [-0.2, -0.15) is 0 Å². The number of nitrogens with zero attached hydrogens (tertiary/aromatic N) is 2. The van der Waals surface area contributed by atoms with Gasteiger partial charge in [0, 0.05) is 45.0 Å². The quantitative estimate of drug-likeness (QED) is 0.704. The molecule has 1 aliphatic heterocycles. The van der Waals surface area contributed by atoms with Crippen LogP contribution in [0.4, 0.5) is 4.79 Å². The summed E-state index contributed by atoms with van der Waals surface area (Å²) >= 11 is 0. The van der Waals surface area contributed by atoms with Crippen molar-refractivity contribution in [2.45, 2.75) is 46.2 Å². The van der Waals surface area contributed by atoms with E-state index in [1.165, 1.54) is 0 Å². The molecular weight excluding hydrogens is 316 g/mol. The highest BCUT2D eigenvalue weighted by Gasteiger charge is 2.28. The third-order valence-electron chi connectivity index (χ3n) is 4.93. The lowest BCUT2D eigenvalue weighted by atomic mass is 9.90. The summed E-state index contributed by atoms with van der Waals surface area (Å²) < 4.78 is 0. The second kappa shape index (κ2) is 9.15. The van der Waals surface area contributed by atoms with E-state index in [1.54, 1.807) is 0 Å². The molecule has 0 saturated carbocycles. The van der Waals surface area contributed by atoms with Crippen LogP contribution in [0.15, 0.2) is 24.4 Å². The lowest BCUT2D eigenvalue weighted by Gasteiger charge is -2.37. The zero-order chi connectivity index (χ0) is 18.3. The first-order valence-corrected chi connectivity index (χ1v) is 9.17. The van der Waals surface area contributed by atoms with Crippen LogP contribution in [0.1, 0.15) is 39.3 Å². The van der Waals surface area contributed by atoms with Crippen molar-refractivity contribution >= 4 is 6.03 Å². The molecule has 6 heteroatoms. The van der Waals surface area contributed by atoms with Crippen LogP contribution in [0.25, 0.3) is 0 Å². The van der Waals surface area contributed by atoms with Crippen molar-refractivity contribution in [3.8, 4) is 0 Å². The number of aliphatic hydroxyl groups excluding tert-OH is 1. The van der Waals surface area contributed by atoms with E-state index in [2.05, 4.69) is 33.5 Å². The fraction of sp³-hybridized carbons (Fsp3) is 0.684. The van der Waals surface area contributed by atoms with Crippen LogP contribution < -0.4 is 10.6 Å². The van der Waals surface area contributed by atoms with Gasteiger partial charge in [0.15, 0.2) is 0 Å². The summed E-state index contributed by atoms with van der Waals surface area (Å²) in [6.45, 7) is 9.75. The molecule has 25 heavy (non-hydrogen) atoms. The van der Waals surface area contributed by atoms with Crippen LogP contribution in [0.3, 0.4) is 0 Å². The van der Waals surface area contributed by atoms with Crippen molar-refractivity contribution in [2.75, 3.05) is 26.2 Å². The Hall–Kier alpha value is -1.66. The maximum atomic E-state index is 12.2. The molecule has 2 amide bonds. The average Bonchev–Trinajstić information content (AvgIpc) is 2.57. The van der Waals surface area contributed by atoms with Gasteiger partial charge in [-0.15, -0.1) is 0 Å². The zero-order valence-electron chi connectivity index (χ0n) is 15.7. The summed E-state index contributed by atoms with van der Waals surface area (Å²) in [5.74, 6) is 0.397. The van der Waals surface area contributed by atoms with E-state index in [0.29, 0.717) is 18.9 Å². The van der Waals surface area contributed by atoms with E-state index >= 15 is 0 Å². The van der Waals surface area contributed by atoms with Gasteiger partial charge in [0.2, 0.25) is 0 Å². The van der Waals surface area contributed by atoms with Crippen molar-refractivity contribution in [1.82, 2.24) is 20.5 Å². The Kier molecular flexibility index (Phi) is 7.20. The molecule has 0 radical (unpaired) electrons. The normalized spacial score (nSPS) is 21.8. The van der Waals surface area contributed by atoms with E-state index < -0.39 is 0 Å². The Morgan fingerprint density at radius 3 is 2.88 bits per heavy atom. The van der Waals surface area contributed by atoms with Crippen LogP contribution in [0.5, 0.6) is 0 Å². The van der Waals surface area contributed by atoms with Gasteiger partial charge in [-0.25, -0.2) is 4.79 Å². The third-order valence-corrected chi connectivity index (χ3v) is 4.93. The summed E-state index contributed by atoms with van der Waals surface area (Å²) in [6, 6.07) is 6.09. The number of rotatable bonds is 7. The minimum atomic E-state index is -0.110. The third kappa shape index (κ3) is 6.63.